The van der Waals surface area contributed by atoms with Crippen molar-refractivity contribution in [3.8, 4) is 5.75 Å². The summed E-state index contributed by atoms with van der Waals surface area (Å²) in [5.41, 5.74) is 3.68. The minimum absolute atomic E-state index is 0.349. The van der Waals surface area contributed by atoms with Gasteiger partial charge < -0.3 is 9.30 Å². The van der Waals surface area contributed by atoms with Gasteiger partial charge in [-0.25, -0.2) is 4.98 Å². The van der Waals surface area contributed by atoms with Crippen molar-refractivity contribution in [2.24, 2.45) is 0 Å². The van der Waals surface area contributed by atoms with E-state index in [0.29, 0.717) is 39.1 Å². The summed E-state index contributed by atoms with van der Waals surface area (Å²) in [4.78, 5) is 30.8. The van der Waals surface area contributed by atoms with Gasteiger partial charge in [0.1, 0.15) is 5.75 Å². The number of ketones is 1. The van der Waals surface area contributed by atoms with Crippen molar-refractivity contribution in [2.75, 3.05) is 12.4 Å². The molecule has 1 amide bonds. The number of hydrogen-bond donors (Lipinski definition) is 1. The van der Waals surface area contributed by atoms with Crippen LogP contribution in [0.5, 0.6) is 5.75 Å². The number of rotatable bonds is 6. The van der Waals surface area contributed by atoms with Crippen molar-refractivity contribution in [3.63, 3.8) is 0 Å². The third-order valence-electron chi connectivity index (χ3n) is 5.73. The van der Waals surface area contributed by atoms with Crippen LogP contribution in [0, 0.1) is 6.92 Å². The Hall–Kier alpha value is -3.68. The van der Waals surface area contributed by atoms with Crippen molar-refractivity contribution >= 4 is 60.9 Å². The number of hydrogen-bond acceptors (Lipinski definition) is 5. The molecule has 0 fully saturated rings. The Balaban J connectivity index is 1.54. The Labute approximate surface area is 204 Å². The van der Waals surface area contributed by atoms with E-state index >= 15 is 0 Å². The topological polar surface area (TPSA) is 73.2 Å². The monoisotopic (exact) mass is 489 g/mol. The Kier molecular flexibility index (Phi) is 5.81. The van der Waals surface area contributed by atoms with Crippen LogP contribution in [0.4, 0.5) is 5.13 Å². The number of halogens is 1. The number of anilines is 1. The molecule has 2 heterocycles. The van der Waals surface area contributed by atoms with Crippen LogP contribution < -0.4 is 10.1 Å². The summed E-state index contributed by atoms with van der Waals surface area (Å²) in [6, 6.07) is 20.7. The number of Topliss-reactive ketones (excluding diaryl/α,β-unsaturated/α-hetero) is 1. The van der Waals surface area contributed by atoms with E-state index in [-0.39, 0.29) is 0 Å². The Morgan fingerprint density at radius 3 is 2.59 bits per heavy atom. The van der Waals surface area contributed by atoms with E-state index in [9.17, 15) is 9.59 Å². The number of carbonyl (C=O) groups excluding carboxylic acids is 2. The van der Waals surface area contributed by atoms with Crippen LogP contribution in [0.1, 0.15) is 21.6 Å². The lowest BCUT2D eigenvalue weighted by Crippen LogP contribution is -2.23. The number of amides is 1. The normalized spacial score (nSPS) is 11.1. The van der Waals surface area contributed by atoms with Crippen LogP contribution in [-0.4, -0.2) is 28.4 Å². The summed E-state index contributed by atoms with van der Waals surface area (Å²) in [7, 11) is 1.57. The molecule has 0 saturated carbocycles. The first kappa shape index (κ1) is 22.1. The molecule has 0 bridgehead atoms. The van der Waals surface area contributed by atoms with E-state index in [1.54, 1.807) is 13.2 Å². The summed E-state index contributed by atoms with van der Waals surface area (Å²) >= 11 is 7.36. The van der Waals surface area contributed by atoms with Gasteiger partial charge in [0.25, 0.3) is 11.7 Å². The molecule has 0 unspecified atom stereocenters. The van der Waals surface area contributed by atoms with Crippen LogP contribution in [-0.2, 0) is 11.3 Å². The van der Waals surface area contributed by atoms with E-state index in [1.807, 2.05) is 72.2 Å². The van der Waals surface area contributed by atoms with Crippen molar-refractivity contribution in [2.45, 2.75) is 13.5 Å². The first-order chi connectivity index (χ1) is 16.4. The minimum atomic E-state index is -0.726. The summed E-state index contributed by atoms with van der Waals surface area (Å²) < 4.78 is 8.34. The first-order valence-electron chi connectivity index (χ1n) is 10.6. The fourth-order valence-corrected chi connectivity index (χ4v) is 5.03. The molecule has 0 aliphatic carbocycles. The molecule has 0 aliphatic rings. The second-order valence-electron chi connectivity index (χ2n) is 7.83. The average Bonchev–Trinajstić information content (AvgIpc) is 3.37. The molecular formula is C26H20ClN3O3S. The molecule has 170 valence electrons. The summed E-state index contributed by atoms with van der Waals surface area (Å²) in [6.07, 6.45) is 0. The fraction of sp³-hybridized carbons (Fsp3) is 0.115. The van der Waals surface area contributed by atoms with Crippen LogP contribution in [0.3, 0.4) is 0 Å². The van der Waals surface area contributed by atoms with Crippen LogP contribution in [0.2, 0.25) is 5.02 Å². The summed E-state index contributed by atoms with van der Waals surface area (Å²) in [5.74, 6) is -0.739. The highest BCUT2D eigenvalue weighted by atomic mass is 35.5. The average molecular weight is 490 g/mol. The SMILES string of the molecule is COc1ccc2c(c1)c(C(=O)C(=O)Nc1nc3ccccc3s1)c(C)n2Cc1ccc(Cl)cc1. The van der Waals surface area contributed by atoms with E-state index < -0.39 is 11.7 Å². The number of aromatic nitrogens is 2. The van der Waals surface area contributed by atoms with Gasteiger partial charge in [-0.2, -0.15) is 0 Å². The van der Waals surface area contributed by atoms with Gasteiger partial charge in [0.15, 0.2) is 5.13 Å². The summed E-state index contributed by atoms with van der Waals surface area (Å²) in [5, 5.41) is 4.39. The van der Waals surface area contributed by atoms with Gasteiger partial charge >= 0.3 is 0 Å². The molecule has 6 nitrogen and oxygen atoms in total. The second kappa shape index (κ2) is 8.93. The predicted octanol–water partition coefficient (Wildman–Crippen LogP) is 6.09. The highest BCUT2D eigenvalue weighted by Crippen LogP contribution is 2.31. The van der Waals surface area contributed by atoms with Crippen LogP contribution in [0.15, 0.2) is 66.7 Å². The molecular weight excluding hydrogens is 470 g/mol. The molecule has 0 atom stereocenters. The highest BCUT2D eigenvalue weighted by Gasteiger charge is 2.26. The first-order valence-corrected chi connectivity index (χ1v) is 11.8. The molecule has 34 heavy (non-hydrogen) atoms. The predicted molar refractivity (Wildman–Crippen MR) is 136 cm³/mol. The number of nitrogens with zero attached hydrogens (tertiary/aromatic N) is 2. The lowest BCUT2D eigenvalue weighted by molar-refractivity contribution is -0.112. The molecule has 5 aromatic rings. The zero-order chi connectivity index (χ0) is 23.8. The van der Waals surface area contributed by atoms with E-state index in [2.05, 4.69) is 10.3 Å². The molecule has 0 saturated heterocycles. The molecule has 8 heteroatoms. The molecule has 2 aromatic heterocycles. The molecule has 0 aliphatic heterocycles. The quantitative estimate of drug-likeness (QED) is 0.231. The summed E-state index contributed by atoms with van der Waals surface area (Å²) in [6.45, 7) is 2.37. The van der Waals surface area contributed by atoms with Gasteiger partial charge in [0.05, 0.1) is 22.9 Å². The number of thiazole rings is 1. The standard InChI is InChI=1S/C26H20ClN3O3S/c1-15-23(24(31)25(32)29-26-28-20-5-3-4-6-22(20)34-26)19-13-18(33-2)11-12-21(19)30(15)14-16-7-9-17(27)10-8-16/h3-13H,14H2,1-2H3,(H,28,29,32). The largest absolute Gasteiger partial charge is 0.497 e. The molecule has 1 N–H and O–H groups in total. The zero-order valence-corrected chi connectivity index (χ0v) is 20.0. The van der Waals surface area contributed by atoms with Crippen LogP contribution >= 0.6 is 22.9 Å². The molecule has 0 spiro atoms. The Bertz CT molecular complexity index is 1520. The van der Waals surface area contributed by atoms with Gasteiger partial charge in [-0.15, -0.1) is 0 Å². The number of ether oxygens (including phenoxy) is 1. The van der Waals surface area contributed by atoms with Crippen molar-refractivity contribution in [3.05, 3.63) is 88.6 Å². The van der Waals surface area contributed by atoms with Crippen molar-refractivity contribution in [1.82, 2.24) is 9.55 Å². The van der Waals surface area contributed by atoms with E-state index in [1.165, 1.54) is 11.3 Å². The third-order valence-corrected chi connectivity index (χ3v) is 6.94. The smallest absolute Gasteiger partial charge is 0.298 e. The number of para-hydroxylation sites is 1. The maximum Gasteiger partial charge on any atom is 0.298 e. The molecule has 5 rings (SSSR count). The Morgan fingerprint density at radius 1 is 1.09 bits per heavy atom. The number of carbonyl (C=O) groups is 2. The lowest BCUT2D eigenvalue weighted by atomic mass is 10.1. The zero-order valence-electron chi connectivity index (χ0n) is 18.5. The maximum atomic E-state index is 13.4. The van der Waals surface area contributed by atoms with E-state index in [4.69, 9.17) is 16.3 Å². The Morgan fingerprint density at radius 2 is 1.85 bits per heavy atom. The lowest BCUT2D eigenvalue weighted by Gasteiger charge is -2.09. The fourth-order valence-electron chi connectivity index (χ4n) is 4.04. The van der Waals surface area contributed by atoms with Gasteiger partial charge in [-0.05, 0) is 55.0 Å². The van der Waals surface area contributed by atoms with Crippen molar-refractivity contribution < 1.29 is 14.3 Å². The molecule has 0 radical (unpaired) electrons. The number of methoxy groups -OCH3 is 1. The van der Waals surface area contributed by atoms with Crippen molar-refractivity contribution in [1.29, 1.82) is 0 Å². The second-order valence-corrected chi connectivity index (χ2v) is 9.29. The van der Waals surface area contributed by atoms with Gasteiger partial charge in [0, 0.05) is 28.2 Å². The number of nitrogens with one attached hydrogen (secondary N) is 1. The van der Waals surface area contributed by atoms with Crippen LogP contribution in [0.25, 0.3) is 21.1 Å². The number of benzene rings is 3. The maximum absolute atomic E-state index is 13.4. The number of fused-ring (bicyclic) bond motifs is 2. The van der Waals surface area contributed by atoms with E-state index in [0.717, 1.165) is 21.3 Å². The minimum Gasteiger partial charge on any atom is -0.497 e. The third kappa shape index (κ3) is 4.04. The highest BCUT2D eigenvalue weighted by molar-refractivity contribution is 7.22. The van der Waals surface area contributed by atoms with Gasteiger partial charge in [-0.1, -0.05) is 47.2 Å². The van der Waals surface area contributed by atoms with Gasteiger partial charge in [-0.3, -0.25) is 14.9 Å². The van der Waals surface area contributed by atoms with Gasteiger partial charge in [0.2, 0.25) is 0 Å². The molecule has 3 aromatic carbocycles.